The third-order valence-corrected chi connectivity index (χ3v) is 4.58. The Bertz CT molecular complexity index is 394. The lowest BCUT2D eigenvalue weighted by Crippen LogP contribution is -2.37. The predicted molar refractivity (Wildman–Crippen MR) is 66.2 cm³/mol. The zero-order chi connectivity index (χ0) is 11.5. The second kappa shape index (κ2) is 4.97. The molecule has 0 aromatic heterocycles. The summed E-state index contributed by atoms with van der Waals surface area (Å²) in [6.07, 6.45) is 0. The van der Waals surface area contributed by atoms with Crippen LogP contribution in [0.25, 0.3) is 0 Å². The van der Waals surface area contributed by atoms with Gasteiger partial charge in [0.25, 0.3) is 0 Å². The Hall–Kier alpha value is -0.870. The van der Waals surface area contributed by atoms with E-state index in [1.165, 1.54) is 0 Å². The average molecular weight is 239 g/mol. The number of nitrogens with zero attached hydrogens (tertiary/aromatic N) is 1. The van der Waals surface area contributed by atoms with E-state index in [1.54, 1.807) is 7.11 Å². The molecular formula is C12H17NO2S. The van der Waals surface area contributed by atoms with Crippen molar-refractivity contribution in [3.63, 3.8) is 0 Å². The lowest BCUT2D eigenvalue weighted by molar-refractivity contribution is 0.341. The highest BCUT2D eigenvalue weighted by atomic mass is 32.2. The molecule has 1 aliphatic heterocycles. The Morgan fingerprint density at radius 1 is 1.50 bits per heavy atom. The molecule has 0 amide bonds. The van der Waals surface area contributed by atoms with Crippen LogP contribution in [0.4, 0.5) is 0 Å². The molecule has 1 aromatic carbocycles. The monoisotopic (exact) mass is 239 g/mol. The van der Waals surface area contributed by atoms with Crippen molar-refractivity contribution in [1.82, 2.24) is 4.90 Å². The molecule has 1 fully saturated rings. The zero-order valence-electron chi connectivity index (χ0n) is 9.68. The summed E-state index contributed by atoms with van der Waals surface area (Å²) >= 11 is 0. The van der Waals surface area contributed by atoms with Crippen LogP contribution in [-0.4, -0.2) is 42.1 Å². The van der Waals surface area contributed by atoms with Gasteiger partial charge in [0.15, 0.2) is 0 Å². The van der Waals surface area contributed by atoms with Gasteiger partial charge >= 0.3 is 0 Å². The van der Waals surface area contributed by atoms with Crippen LogP contribution in [0, 0.1) is 0 Å². The molecule has 16 heavy (non-hydrogen) atoms. The molecule has 1 saturated heterocycles. The van der Waals surface area contributed by atoms with Crippen LogP contribution in [0.3, 0.4) is 0 Å². The molecular weight excluding hydrogens is 222 g/mol. The molecule has 4 heteroatoms. The largest absolute Gasteiger partial charge is 0.497 e. The molecule has 1 heterocycles. The van der Waals surface area contributed by atoms with Crippen molar-refractivity contribution in [1.29, 1.82) is 0 Å². The van der Waals surface area contributed by atoms with Crippen molar-refractivity contribution in [2.75, 3.05) is 33.0 Å². The van der Waals surface area contributed by atoms with Gasteiger partial charge in [0.05, 0.1) is 12.4 Å². The van der Waals surface area contributed by atoms with Crippen LogP contribution in [-0.2, 0) is 10.8 Å². The molecule has 0 spiro atoms. The van der Waals surface area contributed by atoms with E-state index in [0.717, 1.165) is 30.2 Å². The Labute approximate surface area is 98.9 Å². The highest BCUT2D eigenvalue weighted by Gasteiger charge is 2.25. The van der Waals surface area contributed by atoms with E-state index in [1.807, 2.05) is 24.3 Å². The number of rotatable bonds is 2. The second-order valence-electron chi connectivity index (χ2n) is 4.11. The van der Waals surface area contributed by atoms with Crippen LogP contribution < -0.4 is 4.74 Å². The highest BCUT2D eigenvalue weighted by Crippen LogP contribution is 2.26. The fraction of sp³-hybridized carbons (Fsp3) is 0.500. The van der Waals surface area contributed by atoms with Gasteiger partial charge in [-0.25, -0.2) is 0 Å². The molecule has 1 aliphatic rings. The van der Waals surface area contributed by atoms with Crippen LogP contribution >= 0.6 is 0 Å². The van der Waals surface area contributed by atoms with E-state index in [-0.39, 0.29) is 5.25 Å². The maximum Gasteiger partial charge on any atom is 0.119 e. The fourth-order valence-electron chi connectivity index (χ4n) is 1.94. The van der Waals surface area contributed by atoms with Crippen LogP contribution in [0.1, 0.15) is 10.8 Å². The molecule has 0 bridgehead atoms. The topological polar surface area (TPSA) is 29.5 Å². The number of ether oxygens (including phenoxy) is 1. The molecule has 0 saturated carbocycles. The second-order valence-corrected chi connectivity index (χ2v) is 5.85. The van der Waals surface area contributed by atoms with Gasteiger partial charge in [0.2, 0.25) is 0 Å². The average Bonchev–Trinajstić information content (AvgIpc) is 2.32. The number of hydrogen-bond donors (Lipinski definition) is 0. The third-order valence-electron chi connectivity index (χ3n) is 2.93. The van der Waals surface area contributed by atoms with Gasteiger partial charge in [-0.15, -0.1) is 0 Å². The van der Waals surface area contributed by atoms with Crippen molar-refractivity contribution in [3.05, 3.63) is 29.8 Å². The van der Waals surface area contributed by atoms with Gasteiger partial charge in [-0.1, -0.05) is 12.1 Å². The first-order chi connectivity index (χ1) is 7.70. The molecule has 0 N–H and O–H groups in total. The van der Waals surface area contributed by atoms with E-state index in [9.17, 15) is 4.21 Å². The number of methoxy groups -OCH3 is 1. The summed E-state index contributed by atoms with van der Waals surface area (Å²) in [5.41, 5.74) is 1.12. The van der Waals surface area contributed by atoms with Crippen molar-refractivity contribution < 1.29 is 8.95 Å². The van der Waals surface area contributed by atoms with Gasteiger partial charge in [-0.2, -0.15) is 0 Å². The predicted octanol–water partition coefficient (Wildman–Crippen LogP) is 1.43. The molecule has 3 nitrogen and oxygen atoms in total. The summed E-state index contributed by atoms with van der Waals surface area (Å²) in [5, 5.41) is 0.119. The van der Waals surface area contributed by atoms with Crippen LogP contribution in [0.5, 0.6) is 5.75 Å². The third kappa shape index (κ3) is 2.44. The first-order valence-corrected chi connectivity index (χ1v) is 6.78. The molecule has 1 unspecified atom stereocenters. The summed E-state index contributed by atoms with van der Waals surface area (Å²) in [4.78, 5) is 2.23. The molecule has 1 aromatic rings. The van der Waals surface area contributed by atoms with E-state index in [0.29, 0.717) is 0 Å². The van der Waals surface area contributed by atoms with Gasteiger partial charge < -0.3 is 9.64 Å². The van der Waals surface area contributed by atoms with Gasteiger partial charge in [-0.05, 0) is 24.7 Å². The Balaban J connectivity index is 2.24. The Morgan fingerprint density at radius 2 is 2.31 bits per heavy atom. The lowest BCUT2D eigenvalue weighted by atomic mass is 10.1. The summed E-state index contributed by atoms with van der Waals surface area (Å²) in [6.45, 7) is 1.78. The summed E-state index contributed by atoms with van der Waals surface area (Å²) in [6, 6.07) is 7.89. The van der Waals surface area contributed by atoms with Gasteiger partial charge in [-0.3, -0.25) is 4.21 Å². The maximum absolute atomic E-state index is 12.0. The highest BCUT2D eigenvalue weighted by molar-refractivity contribution is 7.85. The minimum absolute atomic E-state index is 0.119. The van der Waals surface area contributed by atoms with Gasteiger partial charge in [0.1, 0.15) is 5.75 Å². The SMILES string of the molecule is COc1cccc([C@H]2CN(C)CCS2=O)c1. The molecule has 0 aliphatic carbocycles. The maximum atomic E-state index is 12.0. The van der Waals surface area contributed by atoms with Crippen LogP contribution in [0.2, 0.25) is 0 Å². The van der Waals surface area contributed by atoms with Crippen molar-refractivity contribution >= 4 is 10.8 Å². The number of likely N-dealkylation sites (N-methyl/N-ethyl adjacent to an activating group) is 1. The Morgan fingerprint density at radius 3 is 3.06 bits per heavy atom. The first kappa shape index (κ1) is 11.6. The lowest BCUT2D eigenvalue weighted by Gasteiger charge is -2.29. The zero-order valence-corrected chi connectivity index (χ0v) is 10.5. The Kier molecular flexibility index (Phi) is 3.61. The van der Waals surface area contributed by atoms with E-state index in [2.05, 4.69) is 11.9 Å². The standard InChI is InChI=1S/C12H17NO2S/c1-13-6-7-16(14)12(9-13)10-4-3-5-11(8-10)15-2/h3-5,8,12H,6-7,9H2,1-2H3/t12-,16?/m1/s1. The summed E-state index contributed by atoms with van der Waals surface area (Å²) < 4.78 is 17.2. The summed E-state index contributed by atoms with van der Waals surface area (Å²) in [7, 11) is 2.97. The molecule has 2 atom stereocenters. The summed E-state index contributed by atoms with van der Waals surface area (Å²) in [5.74, 6) is 1.60. The quantitative estimate of drug-likeness (QED) is 0.782. The molecule has 88 valence electrons. The first-order valence-electron chi connectivity index (χ1n) is 5.40. The number of benzene rings is 1. The van der Waals surface area contributed by atoms with E-state index >= 15 is 0 Å². The molecule has 0 radical (unpaired) electrons. The number of hydrogen-bond acceptors (Lipinski definition) is 3. The minimum Gasteiger partial charge on any atom is -0.497 e. The van der Waals surface area contributed by atoms with Gasteiger partial charge in [0, 0.05) is 29.6 Å². The van der Waals surface area contributed by atoms with E-state index < -0.39 is 10.8 Å². The van der Waals surface area contributed by atoms with E-state index in [4.69, 9.17) is 4.74 Å². The molecule has 2 rings (SSSR count). The minimum atomic E-state index is -0.757. The van der Waals surface area contributed by atoms with Crippen LogP contribution in [0.15, 0.2) is 24.3 Å². The fourth-order valence-corrected chi connectivity index (χ4v) is 3.59. The smallest absolute Gasteiger partial charge is 0.119 e. The van der Waals surface area contributed by atoms with Crippen molar-refractivity contribution in [2.45, 2.75) is 5.25 Å². The van der Waals surface area contributed by atoms with Crippen molar-refractivity contribution in [2.24, 2.45) is 0 Å². The van der Waals surface area contributed by atoms with Crippen molar-refractivity contribution in [3.8, 4) is 5.75 Å². The normalized spacial score (nSPS) is 26.6.